The Morgan fingerprint density at radius 2 is 2.00 bits per heavy atom. The Hall–Kier alpha value is -2.40. The minimum Gasteiger partial charge on any atom is -0.370 e. The number of hydrogen-bond donors (Lipinski definition) is 2. The number of aryl methyl sites for hydroxylation is 1. The van der Waals surface area contributed by atoms with Gasteiger partial charge in [-0.1, -0.05) is 30.3 Å². The smallest absolute Gasteiger partial charge is 0.244 e. The lowest BCUT2D eigenvalue weighted by molar-refractivity contribution is -0.118. The molecule has 3 aromatic rings. The number of fused-ring (bicyclic) bond motifs is 1. The lowest BCUT2D eigenvalue weighted by Gasteiger charge is -2.17. The van der Waals surface area contributed by atoms with Gasteiger partial charge >= 0.3 is 0 Å². The van der Waals surface area contributed by atoms with Crippen LogP contribution in [0.3, 0.4) is 0 Å². The average molecular weight is 297 g/mol. The van der Waals surface area contributed by atoms with Crippen molar-refractivity contribution in [2.24, 2.45) is 5.73 Å². The van der Waals surface area contributed by atoms with E-state index in [2.05, 4.69) is 10.3 Å². The Labute approximate surface area is 126 Å². The zero-order chi connectivity index (χ0) is 14.8. The molecule has 0 bridgehead atoms. The van der Waals surface area contributed by atoms with Gasteiger partial charge in [0.2, 0.25) is 5.91 Å². The molecule has 1 heterocycles. The fourth-order valence-corrected chi connectivity index (χ4v) is 3.13. The van der Waals surface area contributed by atoms with E-state index in [1.807, 2.05) is 55.5 Å². The van der Waals surface area contributed by atoms with Crippen molar-refractivity contribution in [3.05, 3.63) is 59.1 Å². The third-order valence-electron chi connectivity index (χ3n) is 3.22. The SMILES string of the molecule is Cc1nc2ccc(NC(C(N)=O)c3ccccc3)cc2s1. The summed E-state index contributed by atoms with van der Waals surface area (Å²) >= 11 is 1.63. The van der Waals surface area contributed by atoms with Crippen LogP contribution in [0.4, 0.5) is 5.69 Å². The number of rotatable bonds is 4. The molecule has 21 heavy (non-hydrogen) atoms. The lowest BCUT2D eigenvalue weighted by Crippen LogP contribution is -2.27. The molecule has 0 saturated heterocycles. The second kappa shape index (κ2) is 5.54. The number of carbonyl (C=O) groups is 1. The fraction of sp³-hybridized carbons (Fsp3) is 0.125. The Morgan fingerprint density at radius 1 is 1.24 bits per heavy atom. The highest BCUT2D eigenvalue weighted by Crippen LogP contribution is 2.27. The second-order valence-electron chi connectivity index (χ2n) is 4.81. The maximum absolute atomic E-state index is 11.7. The first kappa shape index (κ1) is 13.6. The molecule has 4 nitrogen and oxygen atoms in total. The number of thiazole rings is 1. The molecule has 2 aromatic carbocycles. The van der Waals surface area contributed by atoms with E-state index in [1.165, 1.54) is 0 Å². The number of primary amides is 1. The first-order valence-corrected chi connectivity index (χ1v) is 7.43. The molecule has 1 amide bonds. The summed E-state index contributed by atoms with van der Waals surface area (Å²) in [5, 5.41) is 4.23. The third kappa shape index (κ3) is 2.87. The number of anilines is 1. The van der Waals surface area contributed by atoms with Crippen LogP contribution < -0.4 is 11.1 Å². The first-order chi connectivity index (χ1) is 10.1. The van der Waals surface area contributed by atoms with Crippen molar-refractivity contribution in [3.8, 4) is 0 Å². The van der Waals surface area contributed by atoms with Gasteiger partial charge in [0, 0.05) is 5.69 Å². The van der Waals surface area contributed by atoms with Gasteiger partial charge in [0.25, 0.3) is 0 Å². The zero-order valence-electron chi connectivity index (χ0n) is 11.5. The van der Waals surface area contributed by atoms with E-state index in [9.17, 15) is 4.79 Å². The Kier molecular flexibility index (Phi) is 3.58. The van der Waals surface area contributed by atoms with Crippen LogP contribution in [0, 0.1) is 6.92 Å². The summed E-state index contributed by atoms with van der Waals surface area (Å²) in [6, 6.07) is 14.8. The maximum atomic E-state index is 11.7. The summed E-state index contributed by atoms with van der Waals surface area (Å²) in [5.41, 5.74) is 8.21. The normalized spacial score (nSPS) is 12.2. The van der Waals surface area contributed by atoms with E-state index in [0.717, 1.165) is 26.5 Å². The number of carbonyl (C=O) groups excluding carboxylic acids is 1. The molecule has 1 aromatic heterocycles. The molecule has 3 N–H and O–H groups in total. The summed E-state index contributed by atoms with van der Waals surface area (Å²) in [5.74, 6) is -0.401. The van der Waals surface area contributed by atoms with Gasteiger partial charge in [0.15, 0.2) is 0 Å². The molecule has 0 spiro atoms. The number of nitrogens with zero attached hydrogens (tertiary/aromatic N) is 1. The van der Waals surface area contributed by atoms with E-state index in [4.69, 9.17) is 5.73 Å². The summed E-state index contributed by atoms with van der Waals surface area (Å²) in [7, 11) is 0. The zero-order valence-corrected chi connectivity index (χ0v) is 12.4. The van der Waals surface area contributed by atoms with Crippen molar-refractivity contribution in [3.63, 3.8) is 0 Å². The molecule has 0 aliphatic heterocycles. The summed E-state index contributed by atoms with van der Waals surface area (Å²) in [6.07, 6.45) is 0. The van der Waals surface area contributed by atoms with E-state index >= 15 is 0 Å². The predicted molar refractivity (Wildman–Crippen MR) is 86.4 cm³/mol. The number of nitrogens with two attached hydrogens (primary N) is 1. The fourth-order valence-electron chi connectivity index (χ4n) is 2.26. The quantitative estimate of drug-likeness (QED) is 0.776. The largest absolute Gasteiger partial charge is 0.370 e. The van der Waals surface area contributed by atoms with Crippen LogP contribution >= 0.6 is 11.3 Å². The molecule has 0 aliphatic carbocycles. The van der Waals surface area contributed by atoms with Gasteiger partial charge in [0.05, 0.1) is 15.2 Å². The molecule has 5 heteroatoms. The highest BCUT2D eigenvalue weighted by Gasteiger charge is 2.17. The van der Waals surface area contributed by atoms with Gasteiger partial charge in [-0.3, -0.25) is 4.79 Å². The van der Waals surface area contributed by atoms with Crippen molar-refractivity contribution in [1.82, 2.24) is 4.98 Å². The average Bonchev–Trinajstić information content (AvgIpc) is 2.84. The van der Waals surface area contributed by atoms with Crippen LogP contribution in [0.1, 0.15) is 16.6 Å². The predicted octanol–water partition coefficient (Wildman–Crippen LogP) is 3.24. The van der Waals surface area contributed by atoms with Crippen LogP contribution in [0.5, 0.6) is 0 Å². The van der Waals surface area contributed by atoms with Crippen molar-refractivity contribution < 1.29 is 4.79 Å². The van der Waals surface area contributed by atoms with Crippen LogP contribution in [0.25, 0.3) is 10.2 Å². The minimum atomic E-state index is -0.544. The molecule has 1 unspecified atom stereocenters. The molecular formula is C16H15N3OS. The minimum absolute atomic E-state index is 0.401. The highest BCUT2D eigenvalue weighted by molar-refractivity contribution is 7.18. The standard InChI is InChI=1S/C16H15N3OS/c1-10-18-13-8-7-12(9-14(13)21-10)19-15(16(17)20)11-5-3-2-4-6-11/h2-9,15,19H,1H3,(H2,17,20). The van der Waals surface area contributed by atoms with Crippen molar-refractivity contribution in [1.29, 1.82) is 0 Å². The first-order valence-electron chi connectivity index (χ1n) is 6.61. The maximum Gasteiger partial charge on any atom is 0.244 e. The molecule has 0 saturated carbocycles. The van der Waals surface area contributed by atoms with Crippen LogP contribution in [0.15, 0.2) is 48.5 Å². The van der Waals surface area contributed by atoms with Gasteiger partial charge in [-0.25, -0.2) is 4.98 Å². The number of aromatic nitrogens is 1. The molecular weight excluding hydrogens is 282 g/mol. The van der Waals surface area contributed by atoms with Gasteiger partial charge in [-0.15, -0.1) is 11.3 Å². The number of hydrogen-bond acceptors (Lipinski definition) is 4. The Balaban J connectivity index is 1.92. The number of nitrogens with one attached hydrogen (secondary N) is 1. The van der Waals surface area contributed by atoms with Crippen LogP contribution in [-0.2, 0) is 4.79 Å². The summed E-state index contributed by atoms with van der Waals surface area (Å²) in [6.45, 7) is 1.98. The van der Waals surface area contributed by atoms with Crippen molar-refractivity contribution in [2.45, 2.75) is 13.0 Å². The van der Waals surface area contributed by atoms with Gasteiger partial charge < -0.3 is 11.1 Å². The topological polar surface area (TPSA) is 68.0 Å². The second-order valence-corrected chi connectivity index (χ2v) is 6.04. The number of amides is 1. The highest BCUT2D eigenvalue weighted by atomic mass is 32.1. The van der Waals surface area contributed by atoms with E-state index < -0.39 is 11.9 Å². The molecule has 0 aliphatic rings. The summed E-state index contributed by atoms with van der Waals surface area (Å²) in [4.78, 5) is 16.1. The van der Waals surface area contributed by atoms with E-state index in [1.54, 1.807) is 11.3 Å². The molecule has 106 valence electrons. The molecule has 0 radical (unpaired) electrons. The van der Waals surface area contributed by atoms with Crippen molar-refractivity contribution >= 4 is 33.1 Å². The van der Waals surface area contributed by atoms with Crippen LogP contribution in [0.2, 0.25) is 0 Å². The van der Waals surface area contributed by atoms with Gasteiger partial charge in [-0.05, 0) is 30.7 Å². The van der Waals surface area contributed by atoms with Crippen LogP contribution in [-0.4, -0.2) is 10.9 Å². The van der Waals surface area contributed by atoms with Gasteiger partial charge in [0.1, 0.15) is 6.04 Å². The molecule has 0 fully saturated rings. The van der Waals surface area contributed by atoms with Crippen molar-refractivity contribution in [2.75, 3.05) is 5.32 Å². The molecule has 3 rings (SSSR count). The number of benzene rings is 2. The molecule has 1 atom stereocenters. The Morgan fingerprint density at radius 3 is 2.71 bits per heavy atom. The van der Waals surface area contributed by atoms with Gasteiger partial charge in [-0.2, -0.15) is 0 Å². The monoisotopic (exact) mass is 297 g/mol. The summed E-state index contributed by atoms with van der Waals surface area (Å²) < 4.78 is 1.09. The third-order valence-corrected chi connectivity index (χ3v) is 4.16. The Bertz CT molecular complexity index is 783. The lowest BCUT2D eigenvalue weighted by atomic mass is 10.1. The van der Waals surface area contributed by atoms with E-state index in [-0.39, 0.29) is 0 Å². The van der Waals surface area contributed by atoms with E-state index in [0.29, 0.717) is 0 Å².